The number of carbonyl (C=O) groups excluding carboxylic acids is 1. The summed E-state index contributed by atoms with van der Waals surface area (Å²) in [5, 5.41) is 2.25. The quantitative estimate of drug-likeness (QED) is 0.695. The van der Waals surface area contributed by atoms with Crippen LogP contribution < -0.4 is 15.8 Å². The smallest absolute Gasteiger partial charge is 0.243 e. The summed E-state index contributed by atoms with van der Waals surface area (Å²) in [6, 6.07) is 1.55. The third kappa shape index (κ3) is 5.29. The Morgan fingerprint density at radius 2 is 2.09 bits per heavy atom. The van der Waals surface area contributed by atoms with Crippen molar-refractivity contribution in [2.24, 2.45) is 11.7 Å². The molecule has 1 saturated carbocycles. The number of amides is 1. The van der Waals surface area contributed by atoms with Crippen LogP contribution in [0.2, 0.25) is 5.02 Å². The molecular weight excluding hydrogens is 368 g/mol. The molecular formula is C13H18Cl2FN3O3S. The first-order valence-corrected chi connectivity index (χ1v) is 8.58. The second-order valence-corrected chi connectivity index (χ2v) is 7.44. The number of hydrogen-bond donors (Lipinski definition) is 3. The van der Waals surface area contributed by atoms with E-state index in [-0.39, 0.29) is 35.7 Å². The zero-order valence-corrected chi connectivity index (χ0v) is 14.7. The van der Waals surface area contributed by atoms with E-state index in [1.807, 2.05) is 0 Å². The molecule has 0 spiro atoms. The van der Waals surface area contributed by atoms with Crippen molar-refractivity contribution in [1.82, 2.24) is 4.72 Å². The van der Waals surface area contributed by atoms with Crippen LogP contribution in [-0.2, 0) is 14.8 Å². The SMILES string of the molecule is CC(=O)Nc1cc(F)c(S(=O)(=O)NCC(N)C2CC2)cc1Cl.Cl. The summed E-state index contributed by atoms with van der Waals surface area (Å²) in [6.45, 7) is 1.28. The molecule has 0 saturated heterocycles. The zero-order valence-electron chi connectivity index (χ0n) is 12.3. The average Bonchev–Trinajstić information content (AvgIpc) is 3.23. The lowest BCUT2D eigenvalue weighted by Gasteiger charge is -2.14. The number of carbonyl (C=O) groups is 1. The molecule has 1 aromatic carbocycles. The molecule has 0 heterocycles. The van der Waals surface area contributed by atoms with Crippen LogP contribution >= 0.6 is 24.0 Å². The molecule has 0 aromatic heterocycles. The van der Waals surface area contributed by atoms with Crippen molar-refractivity contribution < 1.29 is 17.6 Å². The first kappa shape index (κ1) is 20.1. The van der Waals surface area contributed by atoms with Crippen LogP contribution in [0.4, 0.5) is 10.1 Å². The third-order valence-electron chi connectivity index (χ3n) is 3.36. The Morgan fingerprint density at radius 1 is 1.48 bits per heavy atom. The standard InChI is InChI=1S/C13H17ClFN3O3S.ClH/c1-7(19)18-12-5-10(15)13(4-9(12)14)22(20,21)17-6-11(16)8-2-3-8;/h4-5,8,11,17H,2-3,6,16H2,1H3,(H,18,19);1H. The van der Waals surface area contributed by atoms with E-state index in [4.69, 9.17) is 17.3 Å². The van der Waals surface area contributed by atoms with E-state index in [1.54, 1.807) is 0 Å². The molecule has 1 atom stereocenters. The van der Waals surface area contributed by atoms with Gasteiger partial charge < -0.3 is 11.1 Å². The predicted octanol–water partition coefficient (Wildman–Crippen LogP) is 1.87. The second kappa shape index (κ2) is 7.76. The van der Waals surface area contributed by atoms with Crippen LogP contribution in [-0.4, -0.2) is 26.9 Å². The lowest BCUT2D eigenvalue weighted by Crippen LogP contribution is -2.38. The topological polar surface area (TPSA) is 101 Å². The molecule has 0 radical (unpaired) electrons. The highest BCUT2D eigenvalue weighted by Gasteiger charge is 2.30. The van der Waals surface area contributed by atoms with Crippen molar-refractivity contribution in [3.05, 3.63) is 23.0 Å². The summed E-state index contributed by atoms with van der Waals surface area (Å²) in [5.74, 6) is -1.12. The predicted molar refractivity (Wildman–Crippen MR) is 88.8 cm³/mol. The number of rotatable bonds is 6. The summed E-state index contributed by atoms with van der Waals surface area (Å²) in [7, 11) is -4.06. The minimum absolute atomic E-state index is 0. The van der Waals surface area contributed by atoms with Crippen molar-refractivity contribution in [2.75, 3.05) is 11.9 Å². The highest BCUT2D eigenvalue weighted by Crippen LogP contribution is 2.32. The minimum Gasteiger partial charge on any atom is -0.326 e. The number of anilines is 1. The normalized spacial score (nSPS) is 15.7. The number of hydrogen-bond acceptors (Lipinski definition) is 4. The molecule has 1 aliphatic rings. The Morgan fingerprint density at radius 3 is 2.61 bits per heavy atom. The lowest BCUT2D eigenvalue weighted by atomic mass is 10.2. The van der Waals surface area contributed by atoms with Crippen molar-refractivity contribution in [3.8, 4) is 0 Å². The van der Waals surface area contributed by atoms with Crippen molar-refractivity contribution in [1.29, 1.82) is 0 Å². The first-order valence-electron chi connectivity index (χ1n) is 6.72. The van der Waals surface area contributed by atoms with Gasteiger partial charge in [-0.25, -0.2) is 17.5 Å². The fourth-order valence-corrected chi connectivity index (χ4v) is 3.43. The highest BCUT2D eigenvalue weighted by molar-refractivity contribution is 7.89. The summed E-state index contributed by atoms with van der Waals surface area (Å²) >= 11 is 5.88. The lowest BCUT2D eigenvalue weighted by molar-refractivity contribution is -0.114. The van der Waals surface area contributed by atoms with Crippen molar-refractivity contribution in [3.63, 3.8) is 0 Å². The van der Waals surface area contributed by atoms with Crippen LogP contribution in [0.5, 0.6) is 0 Å². The van der Waals surface area contributed by atoms with Gasteiger partial charge in [0.2, 0.25) is 15.9 Å². The monoisotopic (exact) mass is 385 g/mol. The van der Waals surface area contributed by atoms with Gasteiger partial charge >= 0.3 is 0 Å². The van der Waals surface area contributed by atoms with Gasteiger partial charge in [0, 0.05) is 25.6 Å². The molecule has 0 aliphatic heterocycles. The maximum atomic E-state index is 14.0. The Bertz CT molecular complexity index is 696. The number of nitrogens with two attached hydrogens (primary N) is 1. The summed E-state index contributed by atoms with van der Waals surface area (Å²) < 4.78 is 40.6. The van der Waals surface area contributed by atoms with Gasteiger partial charge in [-0.1, -0.05) is 11.6 Å². The molecule has 23 heavy (non-hydrogen) atoms. The molecule has 10 heteroatoms. The molecule has 1 fully saturated rings. The largest absolute Gasteiger partial charge is 0.326 e. The number of sulfonamides is 1. The van der Waals surface area contributed by atoms with Gasteiger partial charge in [0.05, 0.1) is 10.7 Å². The Kier molecular flexibility index (Phi) is 6.79. The molecule has 6 nitrogen and oxygen atoms in total. The Balaban J connectivity index is 0.00000264. The van der Waals surface area contributed by atoms with Gasteiger partial charge in [-0.3, -0.25) is 4.79 Å². The fourth-order valence-electron chi connectivity index (χ4n) is 1.99. The molecule has 0 bridgehead atoms. The van der Waals surface area contributed by atoms with Crippen LogP contribution in [0.25, 0.3) is 0 Å². The third-order valence-corrected chi connectivity index (χ3v) is 5.11. The van der Waals surface area contributed by atoms with Crippen LogP contribution in [0.1, 0.15) is 19.8 Å². The van der Waals surface area contributed by atoms with Gasteiger partial charge in [-0.2, -0.15) is 0 Å². The molecule has 4 N–H and O–H groups in total. The maximum Gasteiger partial charge on any atom is 0.243 e. The molecule has 1 amide bonds. The van der Waals surface area contributed by atoms with Crippen LogP contribution in [0.15, 0.2) is 17.0 Å². The van der Waals surface area contributed by atoms with E-state index in [2.05, 4.69) is 10.0 Å². The fraction of sp³-hybridized carbons (Fsp3) is 0.462. The van der Waals surface area contributed by atoms with E-state index in [0.29, 0.717) is 5.92 Å². The van der Waals surface area contributed by atoms with Crippen molar-refractivity contribution >= 4 is 45.6 Å². The summed E-state index contributed by atoms with van der Waals surface area (Å²) in [6.07, 6.45) is 1.96. The van der Waals surface area contributed by atoms with E-state index in [0.717, 1.165) is 25.0 Å². The van der Waals surface area contributed by atoms with Crippen LogP contribution in [0.3, 0.4) is 0 Å². The van der Waals surface area contributed by atoms with Gasteiger partial charge in [0.1, 0.15) is 10.7 Å². The van der Waals surface area contributed by atoms with Gasteiger partial charge in [0.15, 0.2) is 0 Å². The van der Waals surface area contributed by atoms with Gasteiger partial charge in [0.25, 0.3) is 0 Å². The average molecular weight is 386 g/mol. The molecule has 130 valence electrons. The molecule has 1 aromatic rings. The number of halogens is 3. The second-order valence-electron chi connectivity index (χ2n) is 5.30. The molecule has 2 rings (SSSR count). The number of benzene rings is 1. The summed E-state index contributed by atoms with van der Waals surface area (Å²) in [5.41, 5.74) is 5.83. The van der Waals surface area contributed by atoms with E-state index < -0.39 is 26.6 Å². The first-order chi connectivity index (χ1) is 10.2. The van der Waals surface area contributed by atoms with E-state index >= 15 is 0 Å². The van der Waals surface area contributed by atoms with Crippen LogP contribution in [0, 0.1) is 11.7 Å². The Labute approximate surface area is 145 Å². The highest BCUT2D eigenvalue weighted by atomic mass is 35.5. The Hall–Kier alpha value is -0.930. The van der Waals surface area contributed by atoms with E-state index in [9.17, 15) is 17.6 Å². The van der Waals surface area contributed by atoms with Crippen molar-refractivity contribution in [2.45, 2.75) is 30.7 Å². The zero-order chi connectivity index (χ0) is 16.5. The van der Waals surface area contributed by atoms with Gasteiger partial charge in [-0.05, 0) is 24.8 Å². The summed E-state index contributed by atoms with van der Waals surface area (Å²) in [4.78, 5) is 10.4. The molecule has 1 unspecified atom stereocenters. The minimum atomic E-state index is -4.06. The van der Waals surface area contributed by atoms with Gasteiger partial charge in [-0.15, -0.1) is 12.4 Å². The molecule has 1 aliphatic carbocycles. The van der Waals surface area contributed by atoms with E-state index in [1.165, 1.54) is 6.92 Å². The maximum absolute atomic E-state index is 14.0. The number of nitrogens with one attached hydrogen (secondary N) is 2.